The molecule has 3 N–H and O–H groups in total. The number of thioether (sulfide) groups is 1. The summed E-state index contributed by atoms with van der Waals surface area (Å²) in [5.74, 6) is 0.550. The highest BCUT2D eigenvalue weighted by atomic mass is 35.5. The fourth-order valence-corrected chi connectivity index (χ4v) is 4.15. The van der Waals surface area contributed by atoms with Crippen molar-refractivity contribution < 1.29 is 14.9 Å². The van der Waals surface area contributed by atoms with Crippen LogP contribution in [0.5, 0.6) is 17.4 Å². The molecule has 0 spiro atoms. The van der Waals surface area contributed by atoms with Gasteiger partial charge in [0.25, 0.3) is 0 Å². The van der Waals surface area contributed by atoms with E-state index in [-0.39, 0.29) is 11.5 Å². The molecule has 0 radical (unpaired) electrons. The summed E-state index contributed by atoms with van der Waals surface area (Å²) in [6.07, 6.45) is -0.658. The number of para-hydroxylation sites is 1. The van der Waals surface area contributed by atoms with Crippen molar-refractivity contribution in [2.45, 2.75) is 17.1 Å². The summed E-state index contributed by atoms with van der Waals surface area (Å²) in [6.45, 7) is 0. The van der Waals surface area contributed by atoms with Crippen molar-refractivity contribution in [3.8, 4) is 28.6 Å². The van der Waals surface area contributed by atoms with Crippen molar-refractivity contribution in [2.75, 3.05) is 5.32 Å². The third-order valence-electron chi connectivity index (χ3n) is 4.92. The van der Waals surface area contributed by atoms with Crippen LogP contribution in [-0.4, -0.2) is 25.4 Å². The first-order chi connectivity index (χ1) is 15.6. The molecule has 5 rings (SSSR count). The molecular formula is C23H17ClN4O3S. The summed E-state index contributed by atoms with van der Waals surface area (Å²) in [6, 6.07) is 19.8. The van der Waals surface area contributed by atoms with Gasteiger partial charge in [0.05, 0.1) is 0 Å². The largest absolute Gasteiger partial charge is 0.504 e. The number of nitrogens with zero attached hydrogens (tertiary/aromatic N) is 3. The van der Waals surface area contributed by atoms with Gasteiger partial charge in [0.1, 0.15) is 0 Å². The number of phenols is 2. The number of anilines is 1. The van der Waals surface area contributed by atoms with Gasteiger partial charge in [0, 0.05) is 27.6 Å². The molecule has 0 bridgehead atoms. The Labute approximate surface area is 193 Å². The van der Waals surface area contributed by atoms with Crippen molar-refractivity contribution in [1.82, 2.24) is 15.2 Å². The Bertz CT molecular complexity index is 1290. The maximum Gasteiger partial charge on any atom is 0.247 e. The van der Waals surface area contributed by atoms with Gasteiger partial charge >= 0.3 is 0 Å². The lowest BCUT2D eigenvalue weighted by molar-refractivity contribution is 0.224. The summed E-state index contributed by atoms with van der Waals surface area (Å²) >= 11 is 7.39. The normalized spacial score (nSPS) is 14.5. The number of aromatic nitrogens is 3. The van der Waals surface area contributed by atoms with E-state index in [2.05, 4.69) is 20.5 Å². The fourth-order valence-electron chi connectivity index (χ4n) is 3.29. The standard InChI is InChI=1S/C23H17ClN4O3S/c24-15-8-5-13(6-9-15)12-32-23-26-22-20(27-28-23)16-3-1-2-4-17(16)25-21(31-22)14-7-10-18(29)19(30)11-14/h1-11,21,25,29-30H,12H2. The molecule has 0 saturated heterocycles. The quantitative estimate of drug-likeness (QED) is 0.272. The lowest BCUT2D eigenvalue weighted by Gasteiger charge is -2.19. The second-order valence-electron chi connectivity index (χ2n) is 7.10. The first-order valence-electron chi connectivity index (χ1n) is 9.73. The topological polar surface area (TPSA) is 100 Å². The predicted octanol–water partition coefficient (Wildman–Crippen LogP) is 5.40. The van der Waals surface area contributed by atoms with E-state index in [0.717, 1.165) is 16.8 Å². The molecule has 32 heavy (non-hydrogen) atoms. The van der Waals surface area contributed by atoms with Crippen molar-refractivity contribution in [3.05, 3.63) is 82.9 Å². The van der Waals surface area contributed by atoms with Crippen LogP contribution in [0.2, 0.25) is 5.02 Å². The first-order valence-corrected chi connectivity index (χ1v) is 11.1. The number of rotatable bonds is 4. The Kier molecular flexibility index (Phi) is 5.46. The van der Waals surface area contributed by atoms with Crippen LogP contribution in [0, 0.1) is 0 Å². The molecule has 1 unspecified atom stereocenters. The van der Waals surface area contributed by atoms with E-state index in [4.69, 9.17) is 16.3 Å². The van der Waals surface area contributed by atoms with Crippen LogP contribution in [-0.2, 0) is 5.75 Å². The third kappa shape index (κ3) is 4.15. The van der Waals surface area contributed by atoms with Gasteiger partial charge in [0.2, 0.25) is 11.0 Å². The summed E-state index contributed by atoms with van der Waals surface area (Å²) in [5, 5.41) is 32.8. The van der Waals surface area contributed by atoms with Gasteiger partial charge in [-0.15, -0.1) is 10.2 Å². The lowest BCUT2D eigenvalue weighted by Crippen LogP contribution is -2.17. The van der Waals surface area contributed by atoms with Crippen LogP contribution in [0.15, 0.2) is 71.9 Å². The number of aromatic hydroxyl groups is 2. The molecule has 1 aliphatic heterocycles. The molecule has 2 heterocycles. The molecule has 7 nitrogen and oxygen atoms in total. The lowest BCUT2D eigenvalue weighted by atomic mass is 10.1. The van der Waals surface area contributed by atoms with Gasteiger partial charge in [-0.3, -0.25) is 0 Å². The van der Waals surface area contributed by atoms with E-state index in [1.807, 2.05) is 48.5 Å². The molecular weight excluding hydrogens is 448 g/mol. The van der Waals surface area contributed by atoms with E-state index in [9.17, 15) is 10.2 Å². The number of halogens is 1. The Morgan fingerprint density at radius 2 is 1.78 bits per heavy atom. The number of ether oxygens (including phenoxy) is 1. The van der Waals surface area contributed by atoms with Crippen molar-refractivity contribution >= 4 is 29.1 Å². The highest BCUT2D eigenvalue weighted by Crippen LogP contribution is 2.40. The molecule has 3 aromatic carbocycles. The zero-order valence-electron chi connectivity index (χ0n) is 16.6. The van der Waals surface area contributed by atoms with Crippen LogP contribution in [0.3, 0.4) is 0 Å². The number of hydrogen-bond donors (Lipinski definition) is 3. The van der Waals surface area contributed by atoms with Crippen molar-refractivity contribution in [2.24, 2.45) is 0 Å². The molecule has 0 saturated carbocycles. The average molecular weight is 465 g/mol. The van der Waals surface area contributed by atoms with Crippen LogP contribution in [0.25, 0.3) is 11.3 Å². The maximum atomic E-state index is 9.95. The first kappa shape index (κ1) is 20.4. The number of nitrogens with one attached hydrogen (secondary N) is 1. The van der Waals surface area contributed by atoms with E-state index in [0.29, 0.717) is 33.1 Å². The average Bonchev–Trinajstić information content (AvgIpc) is 2.97. The monoisotopic (exact) mass is 464 g/mol. The molecule has 1 aromatic heterocycles. The summed E-state index contributed by atoms with van der Waals surface area (Å²) in [5.41, 5.74) is 3.83. The van der Waals surface area contributed by atoms with Crippen molar-refractivity contribution in [3.63, 3.8) is 0 Å². The number of phenolic OH excluding ortho intramolecular Hbond substituents is 2. The van der Waals surface area contributed by atoms with Gasteiger partial charge in [-0.1, -0.05) is 53.7 Å². The van der Waals surface area contributed by atoms with Crippen LogP contribution >= 0.6 is 23.4 Å². The predicted molar refractivity (Wildman–Crippen MR) is 123 cm³/mol. The number of fused-ring (bicyclic) bond motifs is 3. The van der Waals surface area contributed by atoms with Gasteiger partial charge in [-0.2, -0.15) is 4.98 Å². The Balaban J connectivity index is 1.49. The minimum Gasteiger partial charge on any atom is -0.504 e. The van der Waals surface area contributed by atoms with Gasteiger partial charge in [-0.25, -0.2) is 0 Å². The Hall–Kier alpha value is -3.49. The second kappa shape index (κ2) is 8.57. The molecule has 1 aliphatic rings. The fraction of sp³-hybridized carbons (Fsp3) is 0.0870. The van der Waals surface area contributed by atoms with Crippen LogP contribution in [0.4, 0.5) is 5.69 Å². The number of hydrogen-bond acceptors (Lipinski definition) is 8. The molecule has 0 amide bonds. The Morgan fingerprint density at radius 1 is 0.969 bits per heavy atom. The van der Waals surface area contributed by atoms with Gasteiger partial charge in [-0.05, 0) is 42.0 Å². The second-order valence-corrected chi connectivity index (χ2v) is 8.48. The summed E-state index contributed by atoms with van der Waals surface area (Å²) in [4.78, 5) is 4.61. The third-order valence-corrected chi connectivity index (χ3v) is 6.08. The minimum absolute atomic E-state index is 0.201. The molecule has 0 fully saturated rings. The zero-order chi connectivity index (χ0) is 22.1. The molecule has 1 atom stereocenters. The van der Waals surface area contributed by atoms with E-state index >= 15 is 0 Å². The van der Waals surface area contributed by atoms with Crippen LogP contribution in [0.1, 0.15) is 17.4 Å². The Morgan fingerprint density at radius 3 is 2.59 bits per heavy atom. The van der Waals surface area contributed by atoms with Gasteiger partial charge < -0.3 is 20.3 Å². The summed E-state index contributed by atoms with van der Waals surface area (Å²) in [7, 11) is 0. The van der Waals surface area contributed by atoms with Gasteiger partial charge in [0.15, 0.2) is 23.4 Å². The van der Waals surface area contributed by atoms with E-state index in [1.54, 1.807) is 6.07 Å². The molecule has 0 aliphatic carbocycles. The molecule has 9 heteroatoms. The maximum absolute atomic E-state index is 9.95. The van der Waals surface area contributed by atoms with Crippen LogP contribution < -0.4 is 10.1 Å². The molecule has 160 valence electrons. The van der Waals surface area contributed by atoms with E-state index < -0.39 is 6.23 Å². The van der Waals surface area contributed by atoms with Crippen molar-refractivity contribution in [1.29, 1.82) is 0 Å². The minimum atomic E-state index is -0.658. The highest BCUT2D eigenvalue weighted by molar-refractivity contribution is 7.98. The number of benzene rings is 3. The van der Waals surface area contributed by atoms with E-state index in [1.165, 1.54) is 23.9 Å². The SMILES string of the molecule is Oc1ccc(C2Nc3ccccc3-c3nnc(SCc4ccc(Cl)cc4)nc3O2)cc1O. The molecule has 4 aromatic rings. The zero-order valence-corrected chi connectivity index (χ0v) is 18.1. The highest BCUT2D eigenvalue weighted by Gasteiger charge is 2.26. The smallest absolute Gasteiger partial charge is 0.247 e. The summed E-state index contributed by atoms with van der Waals surface area (Å²) < 4.78 is 6.18.